The molecule has 0 aromatic heterocycles. The zero-order valence-corrected chi connectivity index (χ0v) is 20.1. The molecule has 10 heteroatoms. The maximum Gasteiger partial charge on any atom is 0.338 e. The van der Waals surface area contributed by atoms with Crippen molar-refractivity contribution in [1.82, 2.24) is 4.13 Å². The number of rotatable bonds is 11. The lowest BCUT2D eigenvalue weighted by Gasteiger charge is -2.10. The lowest BCUT2D eigenvalue weighted by atomic mass is 10.0. The number of carbonyl (C=O) groups is 1. The molecule has 0 saturated carbocycles. The molecule has 0 bridgehead atoms. The second-order valence-corrected chi connectivity index (χ2v) is 11.2. The topological polar surface area (TPSA) is 116 Å². The van der Waals surface area contributed by atoms with E-state index in [1.165, 1.54) is 12.1 Å². The maximum absolute atomic E-state index is 12.5. The maximum atomic E-state index is 12.5. The van der Waals surface area contributed by atoms with E-state index >= 15 is 0 Å². The van der Waals surface area contributed by atoms with E-state index in [1.807, 2.05) is 31.2 Å². The molecule has 0 aliphatic carbocycles. The van der Waals surface area contributed by atoms with Gasteiger partial charge in [0.15, 0.2) is 0 Å². The molecule has 0 aliphatic heterocycles. The van der Waals surface area contributed by atoms with Crippen molar-refractivity contribution in [2.45, 2.75) is 11.8 Å². The van der Waals surface area contributed by atoms with Gasteiger partial charge < -0.3 is 9.47 Å². The van der Waals surface area contributed by atoms with Gasteiger partial charge in [0.05, 0.1) is 29.4 Å². The number of benzene rings is 3. The summed E-state index contributed by atoms with van der Waals surface area (Å²) >= 11 is 0. The van der Waals surface area contributed by atoms with Gasteiger partial charge in [-0.15, -0.1) is 4.13 Å². The van der Waals surface area contributed by atoms with E-state index in [-0.39, 0.29) is 24.7 Å². The number of carbonyl (C=O) groups excluding carboxylic acids is 1. The fourth-order valence-corrected chi connectivity index (χ4v) is 5.84. The van der Waals surface area contributed by atoms with Crippen LogP contribution in [0.25, 0.3) is 11.1 Å². The first-order valence-electron chi connectivity index (χ1n) is 10.4. The molecule has 0 amide bonds. The molecule has 3 rings (SSSR count). The van der Waals surface area contributed by atoms with Crippen LogP contribution in [0.2, 0.25) is 0 Å². The van der Waals surface area contributed by atoms with Crippen molar-refractivity contribution < 1.29 is 31.1 Å². The Bertz CT molecular complexity index is 1300. The van der Waals surface area contributed by atoms with Gasteiger partial charge in [0.25, 0.3) is 10.0 Å². The van der Waals surface area contributed by atoms with Crippen molar-refractivity contribution >= 4 is 26.0 Å². The van der Waals surface area contributed by atoms with E-state index in [4.69, 9.17) is 9.47 Å². The van der Waals surface area contributed by atoms with Crippen molar-refractivity contribution in [1.29, 1.82) is 0 Å². The summed E-state index contributed by atoms with van der Waals surface area (Å²) in [4.78, 5) is 11.6. The smallest absolute Gasteiger partial charge is 0.338 e. The highest BCUT2D eigenvalue weighted by molar-refractivity contribution is 8.04. The number of esters is 1. The first-order valence-corrected chi connectivity index (χ1v) is 13.5. The molecule has 0 unspecified atom stereocenters. The second-order valence-electron chi connectivity index (χ2n) is 7.41. The molecule has 180 valence electrons. The van der Waals surface area contributed by atoms with E-state index in [9.17, 15) is 21.6 Å². The Kier molecular flexibility index (Phi) is 8.56. The summed E-state index contributed by atoms with van der Waals surface area (Å²) < 4.78 is 61.3. The van der Waals surface area contributed by atoms with Crippen LogP contribution in [0.15, 0.2) is 83.8 Å². The Hall–Kier alpha value is -3.05. The lowest BCUT2D eigenvalue weighted by molar-refractivity contribution is 0.0337. The normalized spacial score (nSPS) is 11.8. The van der Waals surface area contributed by atoms with Gasteiger partial charge in [-0.1, -0.05) is 60.2 Å². The number of sulfonamides is 2. The molecule has 34 heavy (non-hydrogen) atoms. The number of hydrogen-bond acceptors (Lipinski definition) is 7. The first kappa shape index (κ1) is 25.6. The first-order chi connectivity index (χ1) is 16.2. The van der Waals surface area contributed by atoms with Gasteiger partial charge in [-0.3, -0.25) is 0 Å². The Morgan fingerprint density at radius 3 is 1.97 bits per heavy atom. The summed E-state index contributed by atoms with van der Waals surface area (Å²) in [6.07, 6.45) is 0. The summed E-state index contributed by atoms with van der Waals surface area (Å²) in [6.45, 7) is 1.62. The summed E-state index contributed by atoms with van der Waals surface area (Å²) in [5.74, 6) is -1.08. The number of ether oxygens (including phenoxy) is 2. The van der Waals surface area contributed by atoms with Crippen molar-refractivity contribution in [3.05, 3.63) is 90.0 Å². The second kappa shape index (κ2) is 11.4. The molecular formula is C24H25NO7S2. The third-order valence-corrected chi connectivity index (χ3v) is 8.24. The largest absolute Gasteiger partial charge is 0.460 e. The van der Waals surface area contributed by atoms with E-state index in [2.05, 4.69) is 0 Å². The van der Waals surface area contributed by atoms with Crippen molar-refractivity contribution in [2.24, 2.45) is 0 Å². The third kappa shape index (κ3) is 7.49. The molecule has 0 atom stereocenters. The molecule has 3 aromatic carbocycles. The van der Waals surface area contributed by atoms with E-state index in [0.29, 0.717) is 5.56 Å². The monoisotopic (exact) mass is 503 g/mol. The fourth-order valence-electron chi connectivity index (χ4n) is 2.95. The SMILES string of the molecule is Cc1ccc(-c2ccc(S(=O)(=O)NS(=O)(=O)CCOCCOC(=O)c3ccccc3)cc2)cc1. The molecule has 8 nitrogen and oxygen atoms in total. The van der Waals surface area contributed by atoms with E-state index in [0.717, 1.165) is 16.7 Å². The van der Waals surface area contributed by atoms with Gasteiger partial charge in [-0.25, -0.2) is 21.6 Å². The predicted molar refractivity (Wildman–Crippen MR) is 128 cm³/mol. The molecule has 3 aromatic rings. The predicted octanol–water partition coefficient (Wildman–Crippen LogP) is 3.14. The van der Waals surface area contributed by atoms with Gasteiger partial charge >= 0.3 is 5.97 Å². The highest BCUT2D eigenvalue weighted by Gasteiger charge is 2.22. The molecule has 0 fully saturated rings. The van der Waals surface area contributed by atoms with Gasteiger partial charge in [0.1, 0.15) is 6.61 Å². The Morgan fingerprint density at radius 1 is 0.765 bits per heavy atom. The van der Waals surface area contributed by atoms with Gasteiger partial charge in [0, 0.05) is 0 Å². The molecule has 0 heterocycles. The standard InChI is InChI=1S/C24H25NO7S2/c1-19-7-9-20(10-8-19)21-11-13-23(14-12-21)34(29,30)25-33(27,28)18-17-31-15-16-32-24(26)22-5-3-2-4-6-22/h2-14,25H,15-18H2,1H3. The average molecular weight is 504 g/mol. The summed E-state index contributed by atoms with van der Waals surface area (Å²) in [6, 6.07) is 22.1. The van der Waals surface area contributed by atoms with Crippen LogP contribution < -0.4 is 4.13 Å². The van der Waals surface area contributed by atoms with Crippen molar-refractivity contribution in [3.63, 3.8) is 0 Å². The highest BCUT2D eigenvalue weighted by atomic mass is 32.3. The highest BCUT2D eigenvalue weighted by Crippen LogP contribution is 2.22. The zero-order chi connectivity index (χ0) is 24.6. The van der Waals surface area contributed by atoms with Crippen LogP contribution in [-0.2, 0) is 29.5 Å². The quantitative estimate of drug-likeness (QED) is 0.316. The molecule has 0 aliphatic rings. The van der Waals surface area contributed by atoms with Crippen LogP contribution in [0.3, 0.4) is 0 Å². The minimum absolute atomic E-state index is 0.0265. The summed E-state index contributed by atoms with van der Waals surface area (Å²) in [7, 11) is -8.45. The minimum Gasteiger partial charge on any atom is -0.460 e. The van der Waals surface area contributed by atoms with Crippen LogP contribution in [0.4, 0.5) is 0 Å². The Morgan fingerprint density at radius 2 is 1.35 bits per heavy atom. The van der Waals surface area contributed by atoms with Crippen LogP contribution >= 0.6 is 0 Å². The third-order valence-electron chi connectivity index (χ3n) is 4.75. The molecule has 1 N–H and O–H groups in total. The summed E-state index contributed by atoms with van der Waals surface area (Å²) in [5.41, 5.74) is 3.23. The van der Waals surface area contributed by atoms with Crippen LogP contribution in [-0.4, -0.2) is 48.4 Å². The van der Waals surface area contributed by atoms with Crippen molar-refractivity contribution in [2.75, 3.05) is 25.6 Å². The fraction of sp³-hybridized carbons (Fsp3) is 0.208. The van der Waals surface area contributed by atoms with Crippen molar-refractivity contribution in [3.8, 4) is 11.1 Å². The molecule has 0 saturated heterocycles. The molecule has 0 radical (unpaired) electrons. The zero-order valence-electron chi connectivity index (χ0n) is 18.5. The van der Waals surface area contributed by atoms with Gasteiger partial charge in [-0.05, 0) is 42.3 Å². The van der Waals surface area contributed by atoms with Crippen LogP contribution in [0.5, 0.6) is 0 Å². The minimum atomic E-state index is -4.28. The number of nitrogens with one attached hydrogen (secondary N) is 1. The molecule has 0 spiro atoms. The van der Waals surface area contributed by atoms with Gasteiger partial charge in [0.2, 0.25) is 10.0 Å². The van der Waals surface area contributed by atoms with E-state index in [1.54, 1.807) is 46.6 Å². The number of aryl methyl sites for hydroxylation is 1. The van der Waals surface area contributed by atoms with Crippen LogP contribution in [0, 0.1) is 6.92 Å². The molecular weight excluding hydrogens is 478 g/mol. The Balaban J connectivity index is 1.46. The lowest BCUT2D eigenvalue weighted by Crippen LogP contribution is -2.34. The Labute approximate surface area is 199 Å². The van der Waals surface area contributed by atoms with E-state index < -0.39 is 31.8 Å². The average Bonchev–Trinajstić information content (AvgIpc) is 2.81. The van der Waals surface area contributed by atoms with Gasteiger partial charge in [-0.2, -0.15) is 0 Å². The number of hydrogen-bond donors (Lipinski definition) is 1. The van der Waals surface area contributed by atoms with Crippen LogP contribution in [0.1, 0.15) is 15.9 Å². The summed E-state index contributed by atoms with van der Waals surface area (Å²) in [5, 5.41) is 0.